The van der Waals surface area contributed by atoms with Gasteiger partial charge in [0.15, 0.2) is 0 Å². The number of aliphatic carboxylic acids is 1. The monoisotopic (exact) mass is 201 g/mol. The molecule has 0 aromatic heterocycles. The Morgan fingerprint density at radius 1 is 1.57 bits per heavy atom. The zero-order valence-electron chi connectivity index (χ0n) is 8.57. The van der Waals surface area contributed by atoms with Crippen LogP contribution in [0.25, 0.3) is 0 Å². The second-order valence-electron chi connectivity index (χ2n) is 4.08. The van der Waals surface area contributed by atoms with E-state index in [-0.39, 0.29) is 6.10 Å². The number of hydrogen-bond donors (Lipinski definition) is 3. The summed E-state index contributed by atoms with van der Waals surface area (Å²) in [6.07, 6.45) is 3.01. The van der Waals surface area contributed by atoms with Crippen molar-refractivity contribution in [1.29, 1.82) is 0 Å². The molecule has 1 aliphatic carbocycles. The maximum absolute atomic E-state index is 10.8. The highest BCUT2D eigenvalue weighted by molar-refractivity contribution is 5.73. The maximum Gasteiger partial charge on any atom is 0.320 e. The smallest absolute Gasteiger partial charge is 0.320 e. The van der Waals surface area contributed by atoms with Gasteiger partial charge in [0, 0.05) is 0 Å². The van der Waals surface area contributed by atoms with Gasteiger partial charge < -0.3 is 15.5 Å². The van der Waals surface area contributed by atoms with E-state index in [0.29, 0.717) is 18.9 Å². The summed E-state index contributed by atoms with van der Waals surface area (Å²) in [5, 5.41) is 20.9. The van der Waals surface area contributed by atoms with Crippen molar-refractivity contribution >= 4 is 5.97 Å². The lowest BCUT2D eigenvalue weighted by Gasteiger charge is -2.32. The summed E-state index contributed by atoms with van der Waals surface area (Å²) >= 11 is 0. The third-order valence-corrected chi connectivity index (χ3v) is 2.74. The highest BCUT2D eigenvalue weighted by Gasteiger charge is 2.28. The summed E-state index contributed by atoms with van der Waals surface area (Å²) in [7, 11) is 0. The van der Waals surface area contributed by atoms with Crippen LogP contribution >= 0.6 is 0 Å². The van der Waals surface area contributed by atoms with E-state index >= 15 is 0 Å². The molecule has 82 valence electrons. The standard InChI is InChI=1S/C10H19NO3/c1-2-3-9(10(13)14)11-6-7-4-8(12)5-7/h7-9,11-12H,2-6H2,1H3,(H,13,14). The van der Waals surface area contributed by atoms with Crippen molar-refractivity contribution in [3.8, 4) is 0 Å². The molecule has 14 heavy (non-hydrogen) atoms. The summed E-state index contributed by atoms with van der Waals surface area (Å²) < 4.78 is 0. The van der Waals surface area contributed by atoms with Gasteiger partial charge in [-0.25, -0.2) is 0 Å². The van der Waals surface area contributed by atoms with Crippen LogP contribution < -0.4 is 5.32 Å². The Morgan fingerprint density at radius 3 is 2.64 bits per heavy atom. The van der Waals surface area contributed by atoms with E-state index in [9.17, 15) is 4.79 Å². The average molecular weight is 201 g/mol. The maximum atomic E-state index is 10.8. The normalized spacial score (nSPS) is 28.1. The minimum atomic E-state index is -0.772. The average Bonchev–Trinajstić information content (AvgIpc) is 2.07. The van der Waals surface area contributed by atoms with Crippen LogP contribution in [0.5, 0.6) is 0 Å². The van der Waals surface area contributed by atoms with E-state index in [1.165, 1.54) is 0 Å². The number of carboxylic acid groups (broad SMARTS) is 1. The molecule has 0 aromatic rings. The molecule has 0 bridgehead atoms. The van der Waals surface area contributed by atoms with Crippen LogP contribution in [0.2, 0.25) is 0 Å². The Kier molecular flexibility index (Phi) is 4.35. The van der Waals surface area contributed by atoms with Crippen LogP contribution in [0.4, 0.5) is 0 Å². The number of carboxylic acids is 1. The van der Waals surface area contributed by atoms with Crippen LogP contribution in [-0.4, -0.2) is 34.9 Å². The summed E-state index contributed by atoms with van der Waals surface area (Å²) in [6.45, 7) is 2.69. The van der Waals surface area contributed by atoms with Crippen molar-refractivity contribution in [2.45, 2.75) is 44.8 Å². The molecule has 0 saturated heterocycles. The van der Waals surface area contributed by atoms with Gasteiger partial charge in [-0.15, -0.1) is 0 Å². The van der Waals surface area contributed by atoms with Gasteiger partial charge in [-0.05, 0) is 31.7 Å². The van der Waals surface area contributed by atoms with E-state index in [2.05, 4.69) is 5.32 Å². The topological polar surface area (TPSA) is 69.6 Å². The first-order valence-corrected chi connectivity index (χ1v) is 5.27. The van der Waals surface area contributed by atoms with Gasteiger partial charge in [-0.1, -0.05) is 13.3 Å². The minimum Gasteiger partial charge on any atom is -0.480 e. The van der Waals surface area contributed by atoms with Gasteiger partial charge in [-0.3, -0.25) is 4.79 Å². The molecular formula is C10H19NO3. The highest BCUT2D eigenvalue weighted by Crippen LogP contribution is 2.26. The SMILES string of the molecule is CCCC(NCC1CC(O)C1)C(=O)O. The quantitative estimate of drug-likeness (QED) is 0.588. The summed E-state index contributed by atoms with van der Waals surface area (Å²) in [5.41, 5.74) is 0. The summed E-state index contributed by atoms with van der Waals surface area (Å²) in [6, 6.07) is -0.419. The molecule has 1 rings (SSSR count). The highest BCUT2D eigenvalue weighted by atomic mass is 16.4. The van der Waals surface area contributed by atoms with Gasteiger partial charge in [-0.2, -0.15) is 0 Å². The zero-order valence-corrected chi connectivity index (χ0v) is 8.57. The van der Waals surface area contributed by atoms with Gasteiger partial charge >= 0.3 is 5.97 Å². The summed E-state index contributed by atoms with van der Waals surface area (Å²) in [4.78, 5) is 10.8. The lowest BCUT2D eigenvalue weighted by Crippen LogP contribution is -2.43. The molecule has 4 heteroatoms. The fourth-order valence-corrected chi connectivity index (χ4v) is 1.78. The number of nitrogens with one attached hydrogen (secondary N) is 1. The minimum absolute atomic E-state index is 0.156. The fraction of sp³-hybridized carbons (Fsp3) is 0.900. The van der Waals surface area contributed by atoms with E-state index < -0.39 is 12.0 Å². The molecule has 1 unspecified atom stereocenters. The van der Waals surface area contributed by atoms with Gasteiger partial charge in [0.25, 0.3) is 0 Å². The fourth-order valence-electron chi connectivity index (χ4n) is 1.78. The Balaban J connectivity index is 2.16. The molecule has 0 radical (unpaired) electrons. The molecule has 3 N–H and O–H groups in total. The number of carbonyl (C=O) groups is 1. The first-order valence-electron chi connectivity index (χ1n) is 5.27. The van der Waals surface area contributed by atoms with E-state index in [1.807, 2.05) is 6.92 Å². The van der Waals surface area contributed by atoms with Gasteiger partial charge in [0.05, 0.1) is 6.10 Å². The molecule has 0 amide bonds. The van der Waals surface area contributed by atoms with Crippen molar-refractivity contribution in [1.82, 2.24) is 5.32 Å². The Bertz CT molecular complexity index is 190. The first-order chi connectivity index (χ1) is 6.63. The first kappa shape index (κ1) is 11.5. The Hall–Kier alpha value is -0.610. The molecule has 1 fully saturated rings. The van der Waals surface area contributed by atoms with Crippen molar-refractivity contribution in [3.05, 3.63) is 0 Å². The van der Waals surface area contributed by atoms with Crippen LogP contribution in [0.15, 0.2) is 0 Å². The molecule has 0 aromatic carbocycles. The van der Waals surface area contributed by atoms with Crippen LogP contribution in [-0.2, 0) is 4.79 Å². The van der Waals surface area contributed by atoms with Gasteiger partial charge in [0.2, 0.25) is 0 Å². The molecule has 1 atom stereocenters. The van der Waals surface area contributed by atoms with E-state index in [4.69, 9.17) is 10.2 Å². The Labute approximate surface area is 84.3 Å². The molecular weight excluding hydrogens is 182 g/mol. The number of aliphatic hydroxyl groups is 1. The molecule has 4 nitrogen and oxygen atoms in total. The predicted molar refractivity (Wildman–Crippen MR) is 53.1 cm³/mol. The summed E-state index contributed by atoms with van der Waals surface area (Å²) in [5.74, 6) is -0.310. The van der Waals surface area contributed by atoms with Gasteiger partial charge in [0.1, 0.15) is 6.04 Å². The Morgan fingerprint density at radius 2 is 2.21 bits per heavy atom. The van der Waals surface area contributed by atoms with Crippen molar-refractivity contribution in [2.24, 2.45) is 5.92 Å². The largest absolute Gasteiger partial charge is 0.480 e. The van der Waals surface area contributed by atoms with Crippen molar-refractivity contribution < 1.29 is 15.0 Å². The van der Waals surface area contributed by atoms with E-state index in [1.54, 1.807) is 0 Å². The van der Waals surface area contributed by atoms with Crippen molar-refractivity contribution in [3.63, 3.8) is 0 Å². The van der Waals surface area contributed by atoms with Crippen molar-refractivity contribution in [2.75, 3.05) is 6.54 Å². The number of hydrogen-bond acceptors (Lipinski definition) is 3. The zero-order chi connectivity index (χ0) is 10.6. The lowest BCUT2D eigenvalue weighted by atomic mass is 9.82. The predicted octanol–water partition coefficient (Wildman–Crippen LogP) is 0.600. The van der Waals surface area contributed by atoms with Crippen LogP contribution in [0.3, 0.4) is 0 Å². The second-order valence-corrected chi connectivity index (χ2v) is 4.08. The third kappa shape index (κ3) is 3.27. The lowest BCUT2D eigenvalue weighted by molar-refractivity contribution is -0.139. The molecule has 0 aliphatic heterocycles. The number of rotatable bonds is 6. The van der Waals surface area contributed by atoms with Crippen LogP contribution in [0, 0.1) is 5.92 Å². The molecule has 0 heterocycles. The van der Waals surface area contributed by atoms with Crippen LogP contribution in [0.1, 0.15) is 32.6 Å². The second kappa shape index (κ2) is 5.32. The third-order valence-electron chi connectivity index (χ3n) is 2.74. The molecule has 1 saturated carbocycles. The molecule has 1 aliphatic rings. The number of aliphatic hydroxyl groups excluding tert-OH is 1. The van der Waals surface area contributed by atoms with E-state index in [0.717, 1.165) is 19.3 Å². The molecule has 0 spiro atoms.